The molecule has 0 aromatic carbocycles. The van der Waals surface area contributed by atoms with E-state index in [1.807, 2.05) is 20.8 Å². The minimum atomic E-state index is -0.628. The van der Waals surface area contributed by atoms with Gasteiger partial charge in [0.25, 0.3) is 0 Å². The summed E-state index contributed by atoms with van der Waals surface area (Å²) in [5, 5.41) is 9.86. The highest BCUT2D eigenvalue weighted by atomic mass is 16.5. The zero-order chi connectivity index (χ0) is 11.5. The van der Waals surface area contributed by atoms with E-state index in [1.54, 1.807) is 0 Å². The molecule has 2 atom stereocenters. The van der Waals surface area contributed by atoms with Crippen LogP contribution in [0.5, 0.6) is 0 Å². The highest BCUT2D eigenvalue weighted by molar-refractivity contribution is 5.84. The van der Waals surface area contributed by atoms with Crippen molar-refractivity contribution in [1.82, 2.24) is 0 Å². The Labute approximate surface area is 91.8 Å². The average molecular weight is 214 g/mol. The third-order valence-electron chi connectivity index (χ3n) is 2.88. The first kappa shape index (κ1) is 12.7. The molecule has 0 bridgehead atoms. The van der Waals surface area contributed by atoms with Gasteiger partial charge in [0.15, 0.2) is 0 Å². The highest BCUT2D eigenvalue weighted by Crippen LogP contribution is 2.22. The first-order valence-corrected chi connectivity index (χ1v) is 5.74. The van der Waals surface area contributed by atoms with E-state index in [9.17, 15) is 9.90 Å². The van der Waals surface area contributed by atoms with Gasteiger partial charge >= 0.3 is 0 Å². The van der Waals surface area contributed by atoms with Gasteiger partial charge in [0, 0.05) is 18.4 Å². The molecule has 0 spiro atoms. The zero-order valence-electron chi connectivity index (χ0n) is 9.95. The molecule has 1 aliphatic rings. The minimum absolute atomic E-state index is 0.101. The number of hydrogen-bond acceptors (Lipinski definition) is 3. The molecule has 0 aliphatic carbocycles. The Morgan fingerprint density at radius 3 is 2.60 bits per heavy atom. The molecule has 15 heavy (non-hydrogen) atoms. The number of carbonyl (C=O) groups is 1. The topological polar surface area (TPSA) is 46.5 Å². The van der Waals surface area contributed by atoms with Crippen LogP contribution >= 0.6 is 0 Å². The lowest BCUT2D eigenvalue weighted by molar-refractivity contribution is -0.132. The molecule has 1 saturated heterocycles. The van der Waals surface area contributed by atoms with Gasteiger partial charge < -0.3 is 9.84 Å². The predicted molar refractivity (Wildman–Crippen MR) is 58.7 cm³/mol. The molecule has 1 fully saturated rings. The van der Waals surface area contributed by atoms with E-state index >= 15 is 0 Å². The second kappa shape index (κ2) is 5.08. The van der Waals surface area contributed by atoms with Crippen molar-refractivity contribution >= 4 is 5.78 Å². The van der Waals surface area contributed by atoms with Crippen molar-refractivity contribution in [3.8, 4) is 0 Å². The van der Waals surface area contributed by atoms with Crippen LogP contribution in [0.1, 0.15) is 46.5 Å². The van der Waals surface area contributed by atoms with Crippen molar-refractivity contribution in [2.24, 2.45) is 5.41 Å². The van der Waals surface area contributed by atoms with Crippen LogP contribution in [0.25, 0.3) is 0 Å². The van der Waals surface area contributed by atoms with E-state index in [2.05, 4.69) is 0 Å². The number of ether oxygens (including phenoxy) is 1. The summed E-state index contributed by atoms with van der Waals surface area (Å²) in [6.07, 6.45) is 2.48. The molecule has 1 heterocycles. The molecule has 0 radical (unpaired) electrons. The fraction of sp³-hybridized carbons (Fsp3) is 0.917. The van der Waals surface area contributed by atoms with E-state index in [-0.39, 0.29) is 23.7 Å². The van der Waals surface area contributed by atoms with Gasteiger partial charge in [0.05, 0.1) is 12.2 Å². The normalized spacial score (nSPS) is 24.9. The Morgan fingerprint density at radius 1 is 1.47 bits per heavy atom. The van der Waals surface area contributed by atoms with E-state index < -0.39 is 6.10 Å². The molecule has 0 saturated carbocycles. The van der Waals surface area contributed by atoms with Gasteiger partial charge in [-0.25, -0.2) is 0 Å². The number of hydrogen-bond donors (Lipinski definition) is 1. The van der Waals surface area contributed by atoms with Crippen molar-refractivity contribution < 1.29 is 14.6 Å². The molecule has 0 aromatic rings. The second-order valence-electron chi connectivity index (χ2n) is 5.35. The van der Waals surface area contributed by atoms with Gasteiger partial charge in [-0.15, -0.1) is 0 Å². The number of Topliss-reactive ketones (excluding diaryl/α,β-unsaturated/α-hetero) is 1. The SMILES string of the molecule is CC(C)(C)C(=O)C[C@H](O)[C@H]1CCCCO1. The van der Waals surface area contributed by atoms with Gasteiger partial charge in [-0.2, -0.15) is 0 Å². The monoisotopic (exact) mass is 214 g/mol. The van der Waals surface area contributed by atoms with E-state index in [0.29, 0.717) is 6.61 Å². The largest absolute Gasteiger partial charge is 0.390 e. The molecule has 1 N–H and O–H groups in total. The molecule has 0 amide bonds. The molecule has 0 aromatic heterocycles. The van der Waals surface area contributed by atoms with Gasteiger partial charge in [0.2, 0.25) is 0 Å². The average Bonchev–Trinajstić information content (AvgIpc) is 2.17. The van der Waals surface area contributed by atoms with E-state index in [1.165, 1.54) is 0 Å². The third kappa shape index (κ3) is 3.92. The van der Waals surface area contributed by atoms with Gasteiger partial charge in [-0.1, -0.05) is 20.8 Å². The molecule has 1 aliphatic heterocycles. The van der Waals surface area contributed by atoms with Crippen molar-refractivity contribution in [1.29, 1.82) is 0 Å². The molecule has 3 heteroatoms. The van der Waals surface area contributed by atoms with Crippen molar-refractivity contribution in [2.75, 3.05) is 6.61 Å². The molecule has 0 unspecified atom stereocenters. The minimum Gasteiger partial charge on any atom is -0.390 e. The van der Waals surface area contributed by atoms with Crippen LogP contribution in [0.2, 0.25) is 0 Å². The summed E-state index contributed by atoms with van der Waals surface area (Å²) in [4.78, 5) is 11.7. The maximum Gasteiger partial charge on any atom is 0.140 e. The Morgan fingerprint density at radius 2 is 2.13 bits per heavy atom. The predicted octanol–water partition coefficient (Wildman–Crippen LogP) is 1.92. The molecule has 3 nitrogen and oxygen atoms in total. The van der Waals surface area contributed by atoms with Crippen LogP contribution in [0.15, 0.2) is 0 Å². The van der Waals surface area contributed by atoms with Gasteiger partial charge in [-0.05, 0) is 19.3 Å². The van der Waals surface area contributed by atoms with Crippen LogP contribution < -0.4 is 0 Å². The fourth-order valence-electron chi connectivity index (χ4n) is 1.70. The third-order valence-corrected chi connectivity index (χ3v) is 2.88. The summed E-state index contributed by atoms with van der Waals surface area (Å²) >= 11 is 0. The van der Waals surface area contributed by atoms with Crippen LogP contribution in [0, 0.1) is 5.41 Å². The van der Waals surface area contributed by atoms with Crippen molar-refractivity contribution in [2.45, 2.75) is 58.7 Å². The summed E-state index contributed by atoms with van der Waals surface area (Å²) in [6.45, 7) is 6.35. The lowest BCUT2D eigenvalue weighted by Crippen LogP contribution is -2.36. The Balaban J connectivity index is 2.40. The lowest BCUT2D eigenvalue weighted by atomic mass is 9.86. The van der Waals surface area contributed by atoms with Crippen molar-refractivity contribution in [3.05, 3.63) is 0 Å². The summed E-state index contributed by atoms with van der Waals surface area (Å²) in [5.41, 5.74) is -0.365. The molecule has 88 valence electrons. The first-order chi connectivity index (χ1) is 6.91. The van der Waals surface area contributed by atoms with Crippen LogP contribution in [-0.2, 0) is 9.53 Å². The molecule has 1 rings (SSSR count). The van der Waals surface area contributed by atoms with Gasteiger partial charge in [0.1, 0.15) is 5.78 Å². The highest BCUT2D eigenvalue weighted by Gasteiger charge is 2.29. The first-order valence-electron chi connectivity index (χ1n) is 5.74. The Bertz CT molecular complexity index is 211. The zero-order valence-corrected chi connectivity index (χ0v) is 9.95. The Hall–Kier alpha value is -0.410. The van der Waals surface area contributed by atoms with Crippen LogP contribution in [-0.4, -0.2) is 29.7 Å². The summed E-state index contributed by atoms with van der Waals surface area (Å²) in [7, 11) is 0. The Kier molecular flexibility index (Phi) is 4.29. The summed E-state index contributed by atoms with van der Waals surface area (Å²) < 4.78 is 5.45. The smallest absolute Gasteiger partial charge is 0.140 e. The quantitative estimate of drug-likeness (QED) is 0.780. The van der Waals surface area contributed by atoms with E-state index in [4.69, 9.17) is 4.74 Å². The second-order valence-corrected chi connectivity index (χ2v) is 5.35. The van der Waals surface area contributed by atoms with Gasteiger partial charge in [-0.3, -0.25) is 4.79 Å². The fourth-order valence-corrected chi connectivity index (χ4v) is 1.70. The number of ketones is 1. The number of rotatable bonds is 3. The van der Waals surface area contributed by atoms with Crippen molar-refractivity contribution in [3.63, 3.8) is 0 Å². The molecular formula is C12H22O3. The maximum absolute atomic E-state index is 11.7. The van der Waals surface area contributed by atoms with E-state index in [0.717, 1.165) is 19.3 Å². The van der Waals surface area contributed by atoms with Crippen LogP contribution in [0.3, 0.4) is 0 Å². The molecular weight excluding hydrogens is 192 g/mol. The number of carbonyl (C=O) groups excluding carboxylic acids is 1. The summed E-state index contributed by atoms with van der Waals surface area (Å²) in [5.74, 6) is 0.101. The lowest BCUT2D eigenvalue weighted by Gasteiger charge is -2.28. The number of aliphatic hydroxyl groups excluding tert-OH is 1. The van der Waals surface area contributed by atoms with Crippen LogP contribution in [0.4, 0.5) is 0 Å². The maximum atomic E-state index is 11.7. The number of aliphatic hydroxyl groups is 1. The summed E-state index contributed by atoms with van der Waals surface area (Å²) in [6, 6.07) is 0. The standard InChI is InChI=1S/C12H22O3/c1-12(2,3)11(14)8-9(13)10-6-4-5-7-15-10/h9-10,13H,4-8H2,1-3H3/t9-,10+/m0/s1.